The summed E-state index contributed by atoms with van der Waals surface area (Å²) in [4.78, 5) is 0. The largest absolute Gasteiger partial charge is 0.504 e. The van der Waals surface area contributed by atoms with Crippen molar-refractivity contribution in [3.8, 4) is 11.5 Å². The number of phenols is 2. The van der Waals surface area contributed by atoms with Gasteiger partial charge in [-0.2, -0.15) is 0 Å². The number of benzene rings is 1. The first-order valence-electron chi connectivity index (χ1n) is 12.1. The summed E-state index contributed by atoms with van der Waals surface area (Å²) in [6.45, 7) is 13.9. The molecule has 0 amide bonds. The number of rotatable bonds is 14. The maximum absolute atomic E-state index is 9.95. The number of hydrogen-bond acceptors (Lipinski definition) is 2. The Balaban J connectivity index is 2.40. The summed E-state index contributed by atoms with van der Waals surface area (Å²) in [6, 6.07) is 3.59. The molecule has 0 fully saturated rings. The fourth-order valence-corrected chi connectivity index (χ4v) is 3.90. The Morgan fingerprint density at radius 3 is 1.45 bits per heavy atom. The van der Waals surface area contributed by atoms with Crippen LogP contribution in [0.1, 0.15) is 123 Å². The molecule has 1 aromatic rings. The summed E-state index contributed by atoms with van der Waals surface area (Å²) in [5.74, 6) is 0.0527. The highest BCUT2D eigenvalue weighted by molar-refractivity contribution is 5.45. The molecule has 0 spiro atoms. The van der Waals surface area contributed by atoms with Crippen molar-refractivity contribution in [3.05, 3.63) is 23.3 Å². The Kier molecular flexibility index (Phi) is 11.1. The van der Waals surface area contributed by atoms with Crippen molar-refractivity contribution in [2.45, 2.75) is 125 Å². The van der Waals surface area contributed by atoms with E-state index in [1.165, 1.54) is 68.9 Å². The molecule has 0 atom stereocenters. The third kappa shape index (κ3) is 11.6. The summed E-state index contributed by atoms with van der Waals surface area (Å²) in [6.07, 6.45) is 15.8. The molecule has 0 aliphatic rings. The molecule has 2 heteroatoms. The number of unbranched alkanes of at least 4 members (excludes halogenated alkanes) is 6. The molecule has 0 saturated carbocycles. The lowest BCUT2D eigenvalue weighted by Crippen LogP contribution is -2.08. The van der Waals surface area contributed by atoms with Gasteiger partial charge in [0.05, 0.1) is 0 Å². The molecule has 0 radical (unpaired) electrons. The van der Waals surface area contributed by atoms with Gasteiger partial charge in [-0.3, -0.25) is 0 Å². The van der Waals surface area contributed by atoms with Crippen molar-refractivity contribution in [1.29, 1.82) is 0 Å². The van der Waals surface area contributed by atoms with Crippen LogP contribution in [0.25, 0.3) is 0 Å². The summed E-state index contributed by atoms with van der Waals surface area (Å²) in [7, 11) is 0. The molecule has 0 aromatic heterocycles. The smallest absolute Gasteiger partial charge is 0.157 e. The van der Waals surface area contributed by atoms with Gasteiger partial charge in [0.1, 0.15) is 0 Å². The summed E-state index contributed by atoms with van der Waals surface area (Å²) in [5, 5.41) is 19.9. The molecule has 168 valence electrons. The monoisotopic (exact) mass is 404 g/mol. The van der Waals surface area contributed by atoms with Gasteiger partial charge < -0.3 is 10.2 Å². The Labute approximate surface area is 181 Å². The molecule has 29 heavy (non-hydrogen) atoms. The molecule has 2 N–H and O–H groups in total. The molecule has 0 aliphatic heterocycles. The lowest BCUT2D eigenvalue weighted by Gasteiger charge is -2.22. The second kappa shape index (κ2) is 12.5. The Morgan fingerprint density at radius 2 is 1.03 bits per heavy atom. The van der Waals surface area contributed by atoms with Gasteiger partial charge >= 0.3 is 0 Å². The van der Waals surface area contributed by atoms with E-state index in [1.54, 1.807) is 12.1 Å². The van der Waals surface area contributed by atoms with Crippen LogP contribution >= 0.6 is 0 Å². The van der Waals surface area contributed by atoms with E-state index < -0.39 is 0 Å². The van der Waals surface area contributed by atoms with E-state index in [-0.39, 0.29) is 11.5 Å². The Bertz CT molecular complexity index is 581. The third-order valence-electron chi connectivity index (χ3n) is 6.43. The molecule has 2 nitrogen and oxygen atoms in total. The topological polar surface area (TPSA) is 40.5 Å². The number of phenolic OH excluding ortho intramolecular Hbond substituents is 2. The second-order valence-electron chi connectivity index (χ2n) is 11.0. The van der Waals surface area contributed by atoms with Crippen LogP contribution in [0.2, 0.25) is 0 Å². The lowest BCUT2D eigenvalue weighted by atomic mass is 9.84. The average Bonchev–Trinajstić information content (AvgIpc) is 2.63. The fourth-order valence-electron chi connectivity index (χ4n) is 3.90. The third-order valence-corrected chi connectivity index (χ3v) is 6.43. The maximum Gasteiger partial charge on any atom is 0.157 e. The minimum atomic E-state index is 0.0262. The SMILES string of the molecule is CCC(C)(C)CCCCCCc1cc(O)c(O)cc1CCCCCCC(C)(C)C. The summed E-state index contributed by atoms with van der Waals surface area (Å²) >= 11 is 0. The normalized spacial score (nSPS) is 12.5. The molecule has 0 bridgehead atoms. The fraction of sp³-hybridized carbons (Fsp3) is 0.778. The average molecular weight is 405 g/mol. The van der Waals surface area contributed by atoms with Crippen molar-refractivity contribution in [1.82, 2.24) is 0 Å². The Morgan fingerprint density at radius 1 is 0.621 bits per heavy atom. The van der Waals surface area contributed by atoms with Gasteiger partial charge in [0.2, 0.25) is 0 Å². The van der Waals surface area contributed by atoms with Crippen LogP contribution in [0.3, 0.4) is 0 Å². The number of aryl methyl sites for hydroxylation is 2. The van der Waals surface area contributed by atoms with Gasteiger partial charge in [0, 0.05) is 0 Å². The Hall–Kier alpha value is -1.18. The molecular formula is C27H48O2. The van der Waals surface area contributed by atoms with E-state index in [9.17, 15) is 10.2 Å². The minimum absolute atomic E-state index is 0.0262. The molecule has 0 aliphatic carbocycles. The van der Waals surface area contributed by atoms with Crippen molar-refractivity contribution < 1.29 is 10.2 Å². The van der Waals surface area contributed by atoms with Gasteiger partial charge in [-0.05, 0) is 72.6 Å². The predicted molar refractivity (Wildman–Crippen MR) is 127 cm³/mol. The van der Waals surface area contributed by atoms with Crippen molar-refractivity contribution >= 4 is 0 Å². The molecular weight excluding hydrogens is 356 g/mol. The lowest BCUT2D eigenvalue weighted by molar-refractivity contribution is 0.307. The minimum Gasteiger partial charge on any atom is -0.504 e. The molecule has 0 heterocycles. The zero-order valence-electron chi connectivity index (χ0n) is 20.2. The molecule has 0 unspecified atom stereocenters. The number of aromatic hydroxyl groups is 2. The van der Waals surface area contributed by atoms with Crippen LogP contribution in [-0.2, 0) is 12.8 Å². The number of hydrogen-bond donors (Lipinski definition) is 2. The molecule has 0 saturated heterocycles. The maximum atomic E-state index is 9.95. The van der Waals surface area contributed by atoms with E-state index in [4.69, 9.17) is 0 Å². The van der Waals surface area contributed by atoms with Crippen molar-refractivity contribution in [3.63, 3.8) is 0 Å². The first kappa shape index (κ1) is 25.9. The van der Waals surface area contributed by atoms with Gasteiger partial charge in [0.25, 0.3) is 0 Å². The van der Waals surface area contributed by atoms with Gasteiger partial charge in [-0.1, -0.05) is 86.5 Å². The first-order chi connectivity index (χ1) is 13.5. The highest BCUT2D eigenvalue weighted by atomic mass is 16.3. The summed E-state index contributed by atoms with van der Waals surface area (Å²) in [5.41, 5.74) is 3.36. The molecule has 1 rings (SSSR count). The standard InChI is InChI=1S/C27H48O2/c1-7-27(5,6)19-15-11-9-13-17-23-21-25(29)24(28)20-22(23)16-12-8-10-14-18-26(2,3)4/h20-21,28-29H,7-19H2,1-6H3. The van der Waals surface area contributed by atoms with Gasteiger partial charge in [0.15, 0.2) is 11.5 Å². The van der Waals surface area contributed by atoms with E-state index in [0.717, 1.165) is 25.7 Å². The molecule has 1 aromatic carbocycles. The van der Waals surface area contributed by atoms with Crippen LogP contribution in [-0.4, -0.2) is 10.2 Å². The summed E-state index contributed by atoms with van der Waals surface area (Å²) < 4.78 is 0. The van der Waals surface area contributed by atoms with Crippen molar-refractivity contribution in [2.24, 2.45) is 10.8 Å². The highest BCUT2D eigenvalue weighted by Gasteiger charge is 2.14. The van der Waals surface area contributed by atoms with E-state index >= 15 is 0 Å². The van der Waals surface area contributed by atoms with E-state index in [2.05, 4.69) is 41.5 Å². The quantitative estimate of drug-likeness (QED) is 0.241. The van der Waals surface area contributed by atoms with Crippen LogP contribution < -0.4 is 0 Å². The van der Waals surface area contributed by atoms with Crippen LogP contribution in [0.15, 0.2) is 12.1 Å². The van der Waals surface area contributed by atoms with Crippen LogP contribution in [0.5, 0.6) is 11.5 Å². The van der Waals surface area contributed by atoms with Crippen LogP contribution in [0, 0.1) is 10.8 Å². The predicted octanol–water partition coefficient (Wildman–Crippen LogP) is 8.57. The highest BCUT2D eigenvalue weighted by Crippen LogP contribution is 2.31. The first-order valence-corrected chi connectivity index (χ1v) is 12.1. The van der Waals surface area contributed by atoms with Crippen LogP contribution in [0.4, 0.5) is 0 Å². The zero-order chi connectivity index (χ0) is 21.9. The zero-order valence-corrected chi connectivity index (χ0v) is 20.2. The van der Waals surface area contributed by atoms with Crippen molar-refractivity contribution in [2.75, 3.05) is 0 Å². The van der Waals surface area contributed by atoms with Gasteiger partial charge in [-0.15, -0.1) is 0 Å². The van der Waals surface area contributed by atoms with E-state index in [0.29, 0.717) is 10.8 Å². The van der Waals surface area contributed by atoms with E-state index in [1.807, 2.05) is 0 Å². The van der Waals surface area contributed by atoms with Gasteiger partial charge in [-0.25, -0.2) is 0 Å². The second-order valence-corrected chi connectivity index (χ2v) is 11.0.